The van der Waals surface area contributed by atoms with E-state index >= 15 is 0 Å². The average molecular weight is 335 g/mol. The van der Waals surface area contributed by atoms with Crippen LogP contribution in [0.4, 0.5) is 4.79 Å². The summed E-state index contributed by atoms with van der Waals surface area (Å²) >= 11 is 1.64. The lowest BCUT2D eigenvalue weighted by atomic mass is 9.84. The molecule has 2 aliphatic rings. The van der Waals surface area contributed by atoms with Crippen molar-refractivity contribution in [3.8, 4) is 0 Å². The lowest BCUT2D eigenvalue weighted by Crippen LogP contribution is -2.44. The van der Waals surface area contributed by atoms with Crippen LogP contribution >= 0.6 is 11.3 Å². The molecule has 1 unspecified atom stereocenters. The van der Waals surface area contributed by atoms with Crippen molar-refractivity contribution in [2.24, 2.45) is 11.8 Å². The van der Waals surface area contributed by atoms with Crippen LogP contribution in [0.2, 0.25) is 0 Å². The number of carbonyl (C=O) groups excluding carboxylic acids is 2. The second-order valence-corrected chi connectivity index (χ2v) is 7.36. The van der Waals surface area contributed by atoms with Crippen LogP contribution in [-0.4, -0.2) is 55.0 Å². The number of likely N-dealkylation sites (tertiary alicyclic amines) is 2. The number of thiophene rings is 1. The lowest BCUT2D eigenvalue weighted by molar-refractivity contribution is -0.129. The van der Waals surface area contributed by atoms with E-state index in [0.29, 0.717) is 18.3 Å². The summed E-state index contributed by atoms with van der Waals surface area (Å²) in [6, 6.07) is 2.06. The molecule has 0 radical (unpaired) electrons. The van der Waals surface area contributed by atoms with Gasteiger partial charge in [-0.25, -0.2) is 4.79 Å². The third-order valence-electron chi connectivity index (χ3n) is 5.22. The molecule has 3 amide bonds. The van der Waals surface area contributed by atoms with Gasteiger partial charge in [0.25, 0.3) is 0 Å². The summed E-state index contributed by atoms with van der Waals surface area (Å²) < 4.78 is 0. The summed E-state index contributed by atoms with van der Waals surface area (Å²) in [6.45, 7) is 3.46. The Morgan fingerprint density at radius 3 is 2.52 bits per heavy atom. The molecule has 2 aliphatic heterocycles. The van der Waals surface area contributed by atoms with Gasteiger partial charge in [-0.2, -0.15) is 11.3 Å². The molecule has 0 saturated carbocycles. The number of hydrogen-bond acceptors (Lipinski definition) is 3. The summed E-state index contributed by atoms with van der Waals surface area (Å²) in [4.78, 5) is 28.0. The Hall–Kier alpha value is -1.56. The zero-order valence-electron chi connectivity index (χ0n) is 13.7. The molecule has 0 aromatic carbocycles. The Balaban J connectivity index is 1.46. The van der Waals surface area contributed by atoms with Crippen molar-refractivity contribution in [2.45, 2.75) is 25.7 Å². The molecular weight excluding hydrogens is 310 g/mol. The number of carbonyl (C=O) groups is 2. The first kappa shape index (κ1) is 16.3. The largest absolute Gasteiger partial charge is 0.342 e. The molecule has 0 aliphatic carbocycles. The minimum absolute atomic E-state index is 0.0300. The Labute approximate surface area is 141 Å². The van der Waals surface area contributed by atoms with Crippen molar-refractivity contribution in [3.63, 3.8) is 0 Å². The standard InChI is InChI=1S/C17H25N3O2S/c1-18-17(22)19-6-2-14(3-7-19)15-4-8-20(11-15)16(21)10-13-5-9-23-12-13/h5,9,12,14-15H,2-4,6-8,10-11H2,1H3,(H,18,22). The Morgan fingerprint density at radius 1 is 1.17 bits per heavy atom. The zero-order valence-corrected chi connectivity index (χ0v) is 14.5. The number of nitrogens with one attached hydrogen (secondary N) is 1. The fourth-order valence-electron chi connectivity index (χ4n) is 3.81. The zero-order chi connectivity index (χ0) is 16.2. The van der Waals surface area contributed by atoms with Crippen LogP contribution in [0.3, 0.4) is 0 Å². The van der Waals surface area contributed by atoms with Gasteiger partial charge in [-0.1, -0.05) is 0 Å². The van der Waals surface area contributed by atoms with Crippen LogP contribution < -0.4 is 5.32 Å². The minimum atomic E-state index is 0.0300. The van der Waals surface area contributed by atoms with Crippen molar-refractivity contribution in [1.82, 2.24) is 15.1 Å². The van der Waals surface area contributed by atoms with Gasteiger partial charge in [0.05, 0.1) is 6.42 Å². The first-order valence-electron chi connectivity index (χ1n) is 8.43. The van der Waals surface area contributed by atoms with Gasteiger partial charge in [-0.3, -0.25) is 4.79 Å². The maximum absolute atomic E-state index is 12.4. The second-order valence-electron chi connectivity index (χ2n) is 6.58. The third kappa shape index (κ3) is 3.86. The fourth-order valence-corrected chi connectivity index (χ4v) is 4.48. The highest BCUT2D eigenvalue weighted by Gasteiger charge is 2.34. The first-order chi connectivity index (χ1) is 11.2. The topological polar surface area (TPSA) is 52.7 Å². The smallest absolute Gasteiger partial charge is 0.317 e. The normalized spacial score (nSPS) is 22.4. The van der Waals surface area contributed by atoms with Crippen LogP contribution in [0.1, 0.15) is 24.8 Å². The predicted octanol–water partition coefficient (Wildman–Crippen LogP) is 2.19. The van der Waals surface area contributed by atoms with Crippen LogP contribution in [0, 0.1) is 11.8 Å². The molecule has 2 fully saturated rings. The van der Waals surface area contributed by atoms with E-state index in [0.717, 1.165) is 51.0 Å². The molecule has 0 spiro atoms. The van der Waals surface area contributed by atoms with Gasteiger partial charge < -0.3 is 15.1 Å². The van der Waals surface area contributed by atoms with Gasteiger partial charge >= 0.3 is 6.03 Å². The summed E-state index contributed by atoms with van der Waals surface area (Å²) in [5.41, 5.74) is 1.13. The van der Waals surface area contributed by atoms with E-state index < -0.39 is 0 Å². The predicted molar refractivity (Wildman–Crippen MR) is 91.5 cm³/mol. The molecule has 0 bridgehead atoms. The summed E-state index contributed by atoms with van der Waals surface area (Å²) in [6.07, 6.45) is 3.76. The summed E-state index contributed by atoms with van der Waals surface area (Å²) in [7, 11) is 1.68. The SMILES string of the molecule is CNC(=O)N1CCC(C2CCN(C(=O)Cc3ccsc3)C2)CC1. The third-order valence-corrected chi connectivity index (χ3v) is 5.95. The maximum Gasteiger partial charge on any atom is 0.317 e. The number of piperidine rings is 1. The monoisotopic (exact) mass is 335 g/mol. The van der Waals surface area contributed by atoms with Crippen LogP contribution in [0.5, 0.6) is 0 Å². The van der Waals surface area contributed by atoms with Crippen LogP contribution in [-0.2, 0) is 11.2 Å². The van der Waals surface area contributed by atoms with E-state index in [1.54, 1.807) is 18.4 Å². The number of urea groups is 1. The summed E-state index contributed by atoms with van der Waals surface area (Å²) in [5.74, 6) is 1.51. The summed E-state index contributed by atoms with van der Waals surface area (Å²) in [5, 5.41) is 6.78. The van der Waals surface area contributed by atoms with Crippen molar-refractivity contribution in [1.29, 1.82) is 0 Å². The molecule has 5 nitrogen and oxygen atoms in total. The first-order valence-corrected chi connectivity index (χ1v) is 9.37. The van der Waals surface area contributed by atoms with Gasteiger partial charge in [0.1, 0.15) is 0 Å². The van der Waals surface area contributed by atoms with Crippen molar-refractivity contribution in [2.75, 3.05) is 33.2 Å². The number of hydrogen-bond donors (Lipinski definition) is 1. The van der Waals surface area contributed by atoms with E-state index in [1.165, 1.54) is 0 Å². The van der Waals surface area contributed by atoms with E-state index in [1.807, 2.05) is 21.2 Å². The Bertz CT molecular complexity index is 538. The molecule has 1 aromatic heterocycles. The Morgan fingerprint density at radius 2 is 1.87 bits per heavy atom. The second kappa shape index (κ2) is 7.34. The van der Waals surface area contributed by atoms with E-state index in [4.69, 9.17) is 0 Å². The minimum Gasteiger partial charge on any atom is -0.342 e. The molecule has 6 heteroatoms. The van der Waals surface area contributed by atoms with Crippen molar-refractivity contribution < 1.29 is 9.59 Å². The lowest BCUT2D eigenvalue weighted by Gasteiger charge is -2.34. The molecule has 3 heterocycles. The van der Waals surface area contributed by atoms with Gasteiger partial charge in [-0.05, 0) is 53.5 Å². The van der Waals surface area contributed by atoms with E-state index in [9.17, 15) is 9.59 Å². The fraction of sp³-hybridized carbons (Fsp3) is 0.647. The molecule has 23 heavy (non-hydrogen) atoms. The number of amides is 3. The maximum atomic E-state index is 12.4. The van der Waals surface area contributed by atoms with E-state index in [-0.39, 0.29) is 11.9 Å². The quantitative estimate of drug-likeness (QED) is 0.920. The molecule has 2 saturated heterocycles. The Kier molecular flexibility index (Phi) is 5.20. The van der Waals surface area contributed by atoms with Crippen LogP contribution in [0.15, 0.2) is 16.8 Å². The molecule has 3 rings (SSSR count). The van der Waals surface area contributed by atoms with E-state index in [2.05, 4.69) is 10.7 Å². The number of nitrogens with zero attached hydrogens (tertiary/aromatic N) is 2. The van der Waals surface area contributed by atoms with Crippen molar-refractivity contribution in [3.05, 3.63) is 22.4 Å². The molecule has 126 valence electrons. The number of rotatable bonds is 3. The van der Waals surface area contributed by atoms with Crippen molar-refractivity contribution >= 4 is 23.3 Å². The molecule has 1 N–H and O–H groups in total. The average Bonchev–Trinajstić information content (AvgIpc) is 3.26. The highest BCUT2D eigenvalue weighted by atomic mass is 32.1. The highest BCUT2D eigenvalue weighted by molar-refractivity contribution is 7.07. The van der Waals surface area contributed by atoms with Gasteiger partial charge in [-0.15, -0.1) is 0 Å². The molecular formula is C17H25N3O2S. The van der Waals surface area contributed by atoms with Gasteiger partial charge in [0.2, 0.25) is 5.91 Å². The highest BCUT2D eigenvalue weighted by Crippen LogP contribution is 2.32. The van der Waals surface area contributed by atoms with Gasteiger partial charge in [0, 0.05) is 33.2 Å². The molecule has 1 atom stereocenters. The van der Waals surface area contributed by atoms with Gasteiger partial charge in [0.15, 0.2) is 0 Å². The molecule has 1 aromatic rings. The van der Waals surface area contributed by atoms with Crippen LogP contribution in [0.25, 0.3) is 0 Å².